The zero-order valence-electron chi connectivity index (χ0n) is 13.4. The summed E-state index contributed by atoms with van der Waals surface area (Å²) in [6.07, 6.45) is 8.24. The molecule has 0 spiro atoms. The van der Waals surface area contributed by atoms with Gasteiger partial charge in [0.1, 0.15) is 0 Å². The van der Waals surface area contributed by atoms with Crippen LogP contribution in [-0.2, 0) is 14.3 Å². The van der Waals surface area contributed by atoms with Crippen molar-refractivity contribution >= 4 is 11.8 Å². The molecule has 0 radical (unpaired) electrons. The van der Waals surface area contributed by atoms with Crippen molar-refractivity contribution in [1.29, 1.82) is 0 Å². The fourth-order valence-corrected chi connectivity index (χ4v) is 4.75. The van der Waals surface area contributed by atoms with Gasteiger partial charge in [-0.3, -0.25) is 4.79 Å². The average molecular weight is 316 g/mol. The minimum atomic E-state index is -0.717. The fourth-order valence-electron chi connectivity index (χ4n) is 4.75. The molecule has 4 nitrogen and oxygen atoms in total. The van der Waals surface area contributed by atoms with E-state index in [1.165, 1.54) is 0 Å². The Balaban J connectivity index is 1.46. The number of carbonyl (C=O) groups excluding carboxylic acids is 2. The molecule has 1 heterocycles. The molecule has 4 aliphatic carbocycles. The minimum Gasteiger partial charge on any atom is -0.504 e. The van der Waals surface area contributed by atoms with Gasteiger partial charge in [-0.2, -0.15) is 0 Å². The maximum atomic E-state index is 12.8. The van der Waals surface area contributed by atoms with Gasteiger partial charge in [0.15, 0.2) is 11.9 Å². The van der Waals surface area contributed by atoms with Crippen molar-refractivity contribution in [1.82, 2.24) is 0 Å². The molecule has 0 aromatic carbocycles. The molecule has 4 saturated carbocycles. The Morgan fingerprint density at radius 3 is 1.74 bits per heavy atom. The predicted molar refractivity (Wildman–Crippen MR) is 82.4 cm³/mol. The van der Waals surface area contributed by atoms with Gasteiger partial charge in [0.05, 0.1) is 5.57 Å². The highest BCUT2D eigenvalue weighted by atomic mass is 16.6. The molecule has 4 heteroatoms. The van der Waals surface area contributed by atoms with Gasteiger partial charge < -0.3 is 9.84 Å². The van der Waals surface area contributed by atoms with Crippen LogP contribution in [0.5, 0.6) is 0 Å². The van der Waals surface area contributed by atoms with Gasteiger partial charge in [0.25, 0.3) is 0 Å². The number of esters is 1. The van der Waals surface area contributed by atoms with Gasteiger partial charge >= 0.3 is 5.97 Å². The number of hydrogen-bond acceptors (Lipinski definition) is 4. The molecular weight excluding hydrogens is 292 g/mol. The lowest BCUT2D eigenvalue weighted by atomic mass is 9.82. The third kappa shape index (κ3) is 2.41. The molecule has 23 heavy (non-hydrogen) atoms. The first-order valence-corrected chi connectivity index (χ1v) is 9.33. The average Bonchev–Trinajstić information content (AvgIpc) is 3.35. The van der Waals surface area contributed by atoms with Gasteiger partial charge in [-0.15, -0.1) is 0 Å². The van der Waals surface area contributed by atoms with Crippen LogP contribution in [0.15, 0.2) is 11.3 Å². The lowest BCUT2D eigenvalue weighted by Gasteiger charge is -2.32. The van der Waals surface area contributed by atoms with E-state index in [9.17, 15) is 14.7 Å². The molecule has 0 aromatic rings. The molecule has 5 rings (SSSR count). The minimum absolute atomic E-state index is 0.0627. The van der Waals surface area contributed by atoms with E-state index >= 15 is 0 Å². The van der Waals surface area contributed by atoms with Crippen LogP contribution in [-0.4, -0.2) is 23.0 Å². The number of aliphatic hydroxyl groups is 1. The highest BCUT2D eigenvalue weighted by molar-refractivity contribution is 6.09. The second-order valence-corrected chi connectivity index (χ2v) is 8.41. The summed E-state index contributed by atoms with van der Waals surface area (Å²) in [6, 6.07) is 0. The zero-order valence-corrected chi connectivity index (χ0v) is 13.4. The highest BCUT2D eigenvalue weighted by Gasteiger charge is 2.55. The topological polar surface area (TPSA) is 63.6 Å². The van der Waals surface area contributed by atoms with E-state index in [2.05, 4.69) is 0 Å². The van der Waals surface area contributed by atoms with Crippen LogP contribution in [0.25, 0.3) is 0 Å². The van der Waals surface area contributed by atoms with E-state index in [-0.39, 0.29) is 23.4 Å². The lowest BCUT2D eigenvalue weighted by Crippen LogP contribution is -2.44. The summed E-state index contributed by atoms with van der Waals surface area (Å²) in [5, 5.41) is 10.6. The Hall–Kier alpha value is -1.32. The third-order valence-electron chi connectivity index (χ3n) is 6.48. The van der Waals surface area contributed by atoms with Gasteiger partial charge in [-0.25, -0.2) is 4.79 Å². The Bertz CT molecular complexity index is 566. The molecule has 1 unspecified atom stereocenters. The van der Waals surface area contributed by atoms with Gasteiger partial charge in [0.2, 0.25) is 5.78 Å². The first-order valence-electron chi connectivity index (χ1n) is 9.33. The number of ketones is 1. The summed E-state index contributed by atoms with van der Waals surface area (Å²) in [5.74, 6) is 1.22. The second-order valence-electron chi connectivity index (χ2n) is 8.41. The van der Waals surface area contributed by atoms with Crippen molar-refractivity contribution < 1.29 is 19.4 Å². The Morgan fingerprint density at radius 2 is 1.30 bits per heavy atom. The summed E-state index contributed by atoms with van der Waals surface area (Å²) in [5.41, 5.74) is 0.321. The van der Waals surface area contributed by atoms with Crippen LogP contribution >= 0.6 is 0 Å². The number of carbonyl (C=O) groups is 2. The maximum Gasteiger partial charge on any atom is 0.338 e. The summed E-state index contributed by atoms with van der Waals surface area (Å²) >= 11 is 0. The number of Topliss-reactive ketones (excluding diaryl/α,β-unsaturated/α-hetero) is 1. The monoisotopic (exact) mass is 316 g/mol. The number of rotatable bonds is 6. The number of hydrogen-bond donors (Lipinski definition) is 1. The van der Waals surface area contributed by atoms with E-state index in [0.29, 0.717) is 29.2 Å². The normalized spacial score (nSPS) is 32.0. The molecule has 0 aromatic heterocycles. The molecular formula is C19H24O4. The largest absolute Gasteiger partial charge is 0.504 e. The van der Waals surface area contributed by atoms with Crippen molar-refractivity contribution in [3.63, 3.8) is 0 Å². The molecule has 0 amide bonds. The van der Waals surface area contributed by atoms with Crippen molar-refractivity contribution in [3.05, 3.63) is 11.3 Å². The van der Waals surface area contributed by atoms with Crippen LogP contribution in [0.3, 0.4) is 0 Å². The molecule has 1 aliphatic heterocycles. The molecule has 0 saturated heterocycles. The van der Waals surface area contributed by atoms with Crippen LogP contribution in [0.2, 0.25) is 0 Å². The van der Waals surface area contributed by atoms with Gasteiger partial charge in [0, 0.05) is 11.8 Å². The first-order chi connectivity index (χ1) is 11.1. The molecule has 124 valence electrons. The van der Waals surface area contributed by atoms with Crippen molar-refractivity contribution in [2.24, 2.45) is 35.5 Å². The van der Waals surface area contributed by atoms with Crippen LogP contribution in [0.4, 0.5) is 0 Å². The summed E-state index contributed by atoms with van der Waals surface area (Å²) in [6.45, 7) is 0. The standard InChI is InChI=1S/C19H24O4/c20-16-15(13(9-1-2-9)10-3-4-10)19(22)23-18(17(16)21)14(11-5-6-11)12-7-8-12/h9-14,18,20H,1-8H2. The van der Waals surface area contributed by atoms with E-state index in [4.69, 9.17) is 4.74 Å². The van der Waals surface area contributed by atoms with E-state index in [1.807, 2.05) is 0 Å². The van der Waals surface area contributed by atoms with Crippen LogP contribution < -0.4 is 0 Å². The number of ether oxygens (including phenoxy) is 1. The Morgan fingerprint density at radius 1 is 0.826 bits per heavy atom. The Labute approximate surface area is 136 Å². The number of aliphatic hydroxyl groups excluding tert-OH is 1. The molecule has 1 atom stereocenters. The van der Waals surface area contributed by atoms with Crippen LogP contribution in [0, 0.1) is 35.5 Å². The summed E-state index contributed by atoms with van der Waals surface area (Å²) in [7, 11) is 0. The molecule has 0 bridgehead atoms. The smallest absolute Gasteiger partial charge is 0.338 e. The fraction of sp³-hybridized carbons (Fsp3) is 0.789. The van der Waals surface area contributed by atoms with Gasteiger partial charge in [-0.1, -0.05) is 0 Å². The van der Waals surface area contributed by atoms with Crippen LogP contribution in [0.1, 0.15) is 51.4 Å². The second kappa shape index (κ2) is 4.84. The molecule has 5 aliphatic rings. The van der Waals surface area contributed by atoms with Gasteiger partial charge in [-0.05, 0) is 75.0 Å². The Kier molecular flexibility index (Phi) is 2.96. The quantitative estimate of drug-likeness (QED) is 0.765. The van der Waals surface area contributed by atoms with Crippen molar-refractivity contribution in [3.8, 4) is 0 Å². The lowest BCUT2D eigenvalue weighted by molar-refractivity contribution is -0.159. The zero-order chi connectivity index (χ0) is 15.7. The van der Waals surface area contributed by atoms with E-state index < -0.39 is 12.1 Å². The van der Waals surface area contributed by atoms with E-state index in [1.54, 1.807) is 0 Å². The van der Waals surface area contributed by atoms with Crippen molar-refractivity contribution in [2.45, 2.75) is 57.5 Å². The SMILES string of the molecule is O=C1OC(C(C2CC2)C2CC2)C(=O)C(O)=C1C(C1CC1)C1CC1. The highest BCUT2D eigenvalue weighted by Crippen LogP contribution is 2.55. The number of cyclic esters (lactones) is 1. The third-order valence-corrected chi connectivity index (χ3v) is 6.48. The molecule has 1 N–H and O–H groups in total. The summed E-state index contributed by atoms with van der Waals surface area (Å²) < 4.78 is 5.68. The summed E-state index contributed by atoms with van der Waals surface area (Å²) in [4.78, 5) is 25.5. The van der Waals surface area contributed by atoms with Crippen molar-refractivity contribution in [2.75, 3.05) is 0 Å². The first kappa shape index (κ1) is 14.1. The maximum absolute atomic E-state index is 12.8. The predicted octanol–water partition coefficient (Wildman–Crippen LogP) is 3.17. The van der Waals surface area contributed by atoms with E-state index in [0.717, 1.165) is 51.4 Å². The molecule has 4 fully saturated rings.